The maximum Gasteiger partial charge on any atom is 0.335 e. The normalized spacial score (nSPS) is 11.7. The molecule has 8 nitrogen and oxygen atoms in total. The topological polar surface area (TPSA) is 103 Å². The zero-order valence-corrected chi connectivity index (χ0v) is 23.5. The first-order valence-electron chi connectivity index (χ1n) is 11.6. The van der Waals surface area contributed by atoms with Gasteiger partial charge in [-0.1, -0.05) is 60.4 Å². The van der Waals surface area contributed by atoms with Crippen LogP contribution in [0.1, 0.15) is 48.1 Å². The Morgan fingerprint density at radius 1 is 1.16 bits per heavy atom. The predicted molar refractivity (Wildman–Crippen MR) is 151 cm³/mol. The van der Waals surface area contributed by atoms with Crippen LogP contribution in [0.25, 0.3) is 10.9 Å². The Labute approximate surface area is 232 Å². The number of hydrogen-bond donors (Lipinski definition) is 1. The van der Waals surface area contributed by atoms with Crippen LogP contribution < -0.4 is 15.0 Å². The van der Waals surface area contributed by atoms with Crippen molar-refractivity contribution in [3.8, 4) is 11.5 Å². The first kappa shape index (κ1) is 27.3. The van der Waals surface area contributed by atoms with Crippen molar-refractivity contribution < 1.29 is 19.4 Å². The minimum Gasteiger partial charge on any atom is -0.493 e. The molecule has 3 aromatic carbocycles. The number of aromatic nitrogens is 2. The lowest BCUT2D eigenvalue weighted by Crippen LogP contribution is -2.29. The number of fused-ring (bicyclic) bond motifs is 1. The van der Waals surface area contributed by atoms with Gasteiger partial charge in [0.05, 0.1) is 34.8 Å². The Balaban J connectivity index is 1.67. The smallest absolute Gasteiger partial charge is 0.335 e. The summed E-state index contributed by atoms with van der Waals surface area (Å²) in [5, 5.41) is 14.3. The molecule has 0 aliphatic carbocycles. The fourth-order valence-corrected chi connectivity index (χ4v) is 4.35. The second kappa shape index (κ2) is 11.0. The van der Waals surface area contributed by atoms with Crippen LogP contribution in [0.3, 0.4) is 0 Å². The molecule has 0 atom stereocenters. The van der Waals surface area contributed by atoms with Gasteiger partial charge in [-0.3, -0.25) is 4.79 Å². The largest absolute Gasteiger partial charge is 0.493 e. The lowest BCUT2D eigenvalue weighted by Gasteiger charge is -2.21. The summed E-state index contributed by atoms with van der Waals surface area (Å²) < 4.78 is 13.5. The van der Waals surface area contributed by atoms with Crippen molar-refractivity contribution in [2.75, 3.05) is 7.11 Å². The number of carboxylic acids is 1. The molecule has 0 aliphatic heterocycles. The molecule has 1 heterocycles. The van der Waals surface area contributed by atoms with Gasteiger partial charge in [0.2, 0.25) is 0 Å². The highest BCUT2D eigenvalue weighted by molar-refractivity contribution is 9.10. The Hall–Kier alpha value is -3.69. The summed E-state index contributed by atoms with van der Waals surface area (Å²) in [6.07, 6.45) is 1.52. The number of aromatic carboxylic acids is 1. The summed E-state index contributed by atoms with van der Waals surface area (Å²) >= 11 is 9.94. The highest BCUT2D eigenvalue weighted by Crippen LogP contribution is 2.36. The standard InChI is InChI=1S/C28H25BrClN3O5/c1-28(2,3)27-32-22-10-9-19(29)13-20(22)25(34)33(27)31-14-17-11-21(30)24(23(12-17)37-4)38-15-16-5-7-18(8-6-16)26(35)36/h5-14H,15H2,1-4H3,(H,35,36). The van der Waals surface area contributed by atoms with Gasteiger partial charge < -0.3 is 14.6 Å². The molecule has 0 saturated carbocycles. The summed E-state index contributed by atoms with van der Waals surface area (Å²) in [5.74, 6) is 0.229. The van der Waals surface area contributed by atoms with Crippen molar-refractivity contribution in [3.05, 3.63) is 97.0 Å². The Kier molecular flexibility index (Phi) is 7.89. The van der Waals surface area contributed by atoms with Crippen molar-refractivity contribution in [3.63, 3.8) is 0 Å². The zero-order valence-electron chi connectivity index (χ0n) is 21.2. The predicted octanol–water partition coefficient (Wildman–Crippen LogP) is 6.28. The molecule has 1 aromatic heterocycles. The van der Waals surface area contributed by atoms with Gasteiger partial charge in [0, 0.05) is 9.89 Å². The molecule has 0 fully saturated rings. The van der Waals surface area contributed by atoms with Crippen LogP contribution >= 0.6 is 27.5 Å². The number of carboxylic acid groups (broad SMARTS) is 1. The van der Waals surface area contributed by atoms with Crippen molar-refractivity contribution in [2.45, 2.75) is 32.8 Å². The van der Waals surface area contributed by atoms with E-state index in [0.29, 0.717) is 33.8 Å². The number of carbonyl (C=O) groups is 1. The lowest BCUT2D eigenvalue weighted by atomic mass is 9.95. The minimum atomic E-state index is -0.997. The van der Waals surface area contributed by atoms with E-state index in [1.54, 1.807) is 36.4 Å². The van der Waals surface area contributed by atoms with Gasteiger partial charge in [-0.25, -0.2) is 9.78 Å². The molecule has 0 amide bonds. The molecule has 10 heteroatoms. The van der Waals surface area contributed by atoms with Crippen LogP contribution in [0.4, 0.5) is 0 Å². The first-order chi connectivity index (χ1) is 18.0. The maximum atomic E-state index is 13.4. The number of nitrogens with zero attached hydrogens (tertiary/aromatic N) is 3. The molecular weight excluding hydrogens is 574 g/mol. The summed E-state index contributed by atoms with van der Waals surface area (Å²) in [6, 6.07) is 15.1. The molecule has 0 spiro atoms. The van der Waals surface area contributed by atoms with Crippen molar-refractivity contribution in [2.24, 2.45) is 5.10 Å². The number of benzene rings is 3. The number of rotatable bonds is 7. The summed E-state index contributed by atoms with van der Waals surface area (Å²) in [7, 11) is 1.49. The van der Waals surface area contributed by atoms with Gasteiger partial charge in [-0.2, -0.15) is 9.78 Å². The first-order valence-corrected chi connectivity index (χ1v) is 12.7. The van der Waals surface area contributed by atoms with Crippen molar-refractivity contribution in [1.29, 1.82) is 0 Å². The second-order valence-electron chi connectivity index (χ2n) is 9.53. The number of hydrogen-bond acceptors (Lipinski definition) is 6. The Morgan fingerprint density at radius 2 is 1.87 bits per heavy atom. The molecule has 0 bridgehead atoms. The molecule has 4 aromatic rings. The summed E-state index contributed by atoms with van der Waals surface area (Å²) in [5.41, 5.74) is 1.40. The third-order valence-corrected chi connectivity index (χ3v) is 6.41. The quantitative estimate of drug-likeness (QED) is 0.251. The molecule has 0 radical (unpaired) electrons. The van der Waals surface area contributed by atoms with Gasteiger partial charge in [0.15, 0.2) is 11.5 Å². The molecule has 0 unspecified atom stereocenters. The van der Waals surface area contributed by atoms with E-state index in [2.05, 4.69) is 21.0 Å². The lowest BCUT2D eigenvalue weighted by molar-refractivity contribution is 0.0697. The number of halogens is 2. The van der Waals surface area contributed by atoms with Crippen LogP contribution in [0.5, 0.6) is 11.5 Å². The minimum absolute atomic E-state index is 0.159. The van der Waals surface area contributed by atoms with Gasteiger partial charge in [-0.15, -0.1) is 0 Å². The van der Waals surface area contributed by atoms with E-state index < -0.39 is 11.4 Å². The SMILES string of the molecule is COc1cc(C=Nn2c(C(C)(C)C)nc3ccc(Br)cc3c2=O)cc(Cl)c1OCc1ccc(C(=O)O)cc1. The van der Waals surface area contributed by atoms with Crippen molar-refractivity contribution >= 4 is 50.6 Å². The van der Waals surface area contributed by atoms with Crippen LogP contribution in [0.15, 0.2) is 69.0 Å². The number of ether oxygens (including phenoxy) is 2. The van der Waals surface area contributed by atoms with Gasteiger partial charge in [0.25, 0.3) is 5.56 Å². The summed E-state index contributed by atoms with van der Waals surface area (Å²) in [6.45, 7) is 6.05. The van der Waals surface area contributed by atoms with E-state index in [9.17, 15) is 9.59 Å². The third kappa shape index (κ3) is 5.89. The van der Waals surface area contributed by atoms with E-state index in [-0.39, 0.29) is 22.8 Å². The van der Waals surface area contributed by atoms with Crippen molar-refractivity contribution in [1.82, 2.24) is 9.66 Å². The fraction of sp³-hybridized carbons (Fsp3) is 0.214. The monoisotopic (exact) mass is 597 g/mol. The van der Waals surface area contributed by atoms with E-state index in [0.717, 1.165) is 10.0 Å². The molecule has 38 heavy (non-hydrogen) atoms. The van der Waals surface area contributed by atoms with Gasteiger partial charge >= 0.3 is 5.97 Å². The Morgan fingerprint density at radius 3 is 2.50 bits per heavy atom. The van der Waals surface area contributed by atoms with Crippen LogP contribution in [-0.2, 0) is 12.0 Å². The van der Waals surface area contributed by atoms with E-state index in [1.165, 1.54) is 30.1 Å². The van der Waals surface area contributed by atoms with Crippen LogP contribution in [0.2, 0.25) is 5.02 Å². The molecular formula is C28H25BrClN3O5. The molecule has 1 N–H and O–H groups in total. The Bertz CT molecular complexity index is 1610. The highest BCUT2D eigenvalue weighted by atomic mass is 79.9. The number of methoxy groups -OCH3 is 1. The average Bonchev–Trinajstić information content (AvgIpc) is 2.87. The average molecular weight is 599 g/mol. The molecule has 0 saturated heterocycles. The van der Waals surface area contributed by atoms with Gasteiger partial charge in [0.1, 0.15) is 12.4 Å². The zero-order chi connectivity index (χ0) is 27.6. The van der Waals surface area contributed by atoms with Gasteiger partial charge in [-0.05, 0) is 53.6 Å². The molecule has 196 valence electrons. The van der Waals surface area contributed by atoms with E-state index >= 15 is 0 Å². The van der Waals surface area contributed by atoms with E-state index in [1.807, 2.05) is 26.8 Å². The van der Waals surface area contributed by atoms with E-state index in [4.69, 9.17) is 31.2 Å². The van der Waals surface area contributed by atoms with Crippen LogP contribution in [0, 0.1) is 0 Å². The fourth-order valence-electron chi connectivity index (χ4n) is 3.72. The maximum absolute atomic E-state index is 13.4. The third-order valence-electron chi connectivity index (χ3n) is 5.64. The second-order valence-corrected chi connectivity index (χ2v) is 10.9. The molecule has 4 rings (SSSR count). The highest BCUT2D eigenvalue weighted by Gasteiger charge is 2.23. The summed E-state index contributed by atoms with van der Waals surface area (Å²) in [4.78, 5) is 29.1. The van der Waals surface area contributed by atoms with Crippen LogP contribution in [-0.4, -0.2) is 34.1 Å². The molecule has 0 aliphatic rings.